The molecule has 0 bridgehead atoms. The minimum Gasteiger partial charge on any atom is -0.495 e. The molecular formula is C24H26ClN3O5. The summed E-state index contributed by atoms with van der Waals surface area (Å²) in [5, 5.41) is 12.6. The number of hydrogen-bond donors (Lipinski definition) is 1. The molecule has 33 heavy (non-hydrogen) atoms. The monoisotopic (exact) mass is 471 g/mol. The smallest absolute Gasteiger partial charge is 0.266 e. The zero-order valence-corrected chi connectivity index (χ0v) is 19.4. The Morgan fingerprint density at radius 3 is 2.58 bits per heavy atom. The fourth-order valence-corrected chi connectivity index (χ4v) is 3.46. The summed E-state index contributed by atoms with van der Waals surface area (Å²) >= 11 is 6.01. The predicted octanol–water partition coefficient (Wildman–Crippen LogP) is 3.61. The van der Waals surface area contributed by atoms with Crippen LogP contribution in [0.4, 0.5) is 5.69 Å². The highest BCUT2D eigenvalue weighted by atomic mass is 35.5. The average molecular weight is 472 g/mol. The van der Waals surface area contributed by atoms with Crippen molar-refractivity contribution < 1.29 is 23.7 Å². The number of rotatable bonds is 9. The van der Waals surface area contributed by atoms with Gasteiger partial charge in [0.1, 0.15) is 24.0 Å². The normalized spacial score (nSPS) is 14.3. The van der Waals surface area contributed by atoms with E-state index in [-0.39, 0.29) is 5.57 Å². The van der Waals surface area contributed by atoms with E-state index in [0.717, 1.165) is 32.8 Å². The number of carbonyl (C=O) groups excluding carboxylic acids is 1. The number of nitriles is 1. The van der Waals surface area contributed by atoms with Crippen LogP contribution in [0.1, 0.15) is 5.56 Å². The highest BCUT2D eigenvalue weighted by molar-refractivity contribution is 6.31. The van der Waals surface area contributed by atoms with Crippen LogP contribution in [0.2, 0.25) is 5.02 Å². The summed E-state index contributed by atoms with van der Waals surface area (Å²) in [7, 11) is 3.03. The van der Waals surface area contributed by atoms with Crippen molar-refractivity contribution in [3.8, 4) is 23.3 Å². The molecule has 2 aromatic carbocycles. The third kappa shape index (κ3) is 6.86. The number of methoxy groups -OCH3 is 2. The fourth-order valence-electron chi connectivity index (χ4n) is 3.29. The maximum absolute atomic E-state index is 12.7. The Balaban J connectivity index is 1.69. The highest BCUT2D eigenvalue weighted by Crippen LogP contribution is 2.30. The SMILES string of the molecule is COc1ccc(Cl)cc1NC(=O)C(C#N)=Cc1ccc(OCCN2CCOCC2)c(OC)c1. The first kappa shape index (κ1) is 24.4. The zero-order valence-electron chi connectivity index (χ0n) is 18.6. The number of halogens is 1. The van der Waals surface area contributed by atoms with Gasteiger partial charge in [-0.15, -0.1) is 0 Å². The molecule has 0 radical (unpaired) electrons. The van der Waals surface area contributed by atoms with Crippen molar-refractivity contribution in [2.24, 2.45) is 0 Å². The Labute approximate surface area is 198 Å². The first-order valence-electron chi connectivity index (χ1n) is 10.4. The lowest BCUT2D eigenvalue weighted by atomic mass is 10.1. The number of ether oxygens (including phenoxy) is 4. The third-order valence-electron chi connectivity index (χ3n) is 5.04. The molecular weight excluding hydrogens is 446 g/mol. The van der Waals surface area contributed by atoms with Gasteiger partial charge in [-0.3, -0.25) is 9.69 Å². The van der Waals surface area contributed by atoms with E-state index in [1.165, 1.54) is 13.2 Å². The average Bonchev–Trinajstić information content (AvgIpc) is 2.83. The Bertz CT molecular complexity index is 1040. The molecule has 0 aromatic heterocycles. The lowest BCUT2D eigenvalue weighted by Gasteiger charge is -2.26. The van der Waals surface area contributed by atoms with Gasteiger partial charge in [-0.25, -0.2) is 0 Å². The van der Waals surface area contributed by atoms with Gasteiger partial charge in [0.15, 0.2) is 11.5 Å². The number of anilines is 1. The van der Waals surface area contributed by atoms with Crippen LogP contribution >= 0.6 is 11.6 Å². The number of amides is 1. The Hall–Kier alpha value is -3.25. The van der Waals surface area contributed by atoms with Crippen LogP contribution in [0.15, 0.2) is 42.0 Å². The van der Waals surface area contributed by atoms with Gasteiger partial charge >= 0.3 is 0 Å². The standard InChI is InChI=1S/C24H26ClN3O5/c1-30-21-6-4-19(25)15-20(21)27-24(29)18(16-26)13-17-3-5-22(23(14-17)31-2)33-12-9-28-7-10-32-11-8-28/h3-6,13-15H,7-12H2,1-2H3,(H,27,29). The Morgan fingerprint density at radius 1 is 1.15 bits per heavy atom. The van der Waals surface area contributed by atoms with Crippen molar-refractivity contribution in [3.05, 3.63) is 52.6 Å². The Morgan fingerprint density at radius 2 is 1.88 bits per heavy atom. The summed E-state index contributed by atoms with van der Waals surface area (Å²) < 4.78 is 21.9. The van der Waals surface area contributed by atoms with Gasteiger partial charge in [-0.1, -0.05) is 17.7 Å². The van der Waals surface area contributed by atoms with Gasteiger partial charge in [0.25, 0.3) is 5.91 Å². The second-order valence-corrected chi connectivity index (χ2v) is 7.62. The van der Waals surface area contributed by atoms with Crippen LogP contribution < -0.4 is 19.5 Å². The molecule has 1 saturated heterocycles. The van der Waals surface area contributed by atoms with E-state index in [1.807, 2.05) is 6.07 Å². The lowest BCUT2D eigenvalue weighted by Crippen LogP contribution is -2.38. The van der Waals surface area contributed by atoms with E-state index in [4.69, 9.17) is 30.5 Å². The number of nitrogens with one attached hydrogen (secondary N) is 1. The van der Waals surface area contributed by atoms with Gasteiger partial charge < -0.3 is 24.3 Å². The quantitative estimate of drug-likeness (QED) is 0.441. The predicted molar refractivity (Wildman–Crippen MR) is 126 cm³/mol. The molecule has 0 unspecified atom stereocenters. The van der Waals surface area contributed by atoms with Gasteiger partial charge in [0.2, 0.25) is 0 Å². The summed E-state index contributed by atoms with van der Waals surface area (Å²) in [4.78, 5) is 14.9. The van der Waals surface area contributed by atoms with Crippen molar-refractivity contribution in [3.63, 3.8) is 0 Å². The van der Waals surface area contributed by atoms with Crippen molar-refractivity contribution in [1.82, 2.24) is 4.90 Å². The molecule has 0 spiro atoms. The molecule has 2 aromatic rings. The molecule has 0 aliphatic carbocycles. The molecule has 3 rings (SSSR count). The molecule has 9 heteroatoms. The van der Waals surface area contributed by atoms with E-state index >= 15 is 0 Å². The van der Waals surface area contributed by atoms with Crippen LogP contribution in [0, 0.1) is 11.3 Å². The topological polar surface area (TPSA) is 93.0 Å². The van der Waals surface area contributed by atoms with Crippen molar-refractivity contribution in [2.75, 3.05) is 59.0 Å². The molecule has 1 heterocycles. The largest absolute Gasteiger partial charge is 0.495 e. The zero-order chi connectivity index (χ0) is 23.6. The van der Waals surface area contributed by atoms with E-state index in [9.17, 15) is 10.1 Å². The summed E-state index contributed by atoms with van der Waals surface area (Å²) in [5.41, 5.74) is 0.912. The minimum atomic E-state index is -0.581. The number of morpholine rings is 1. The molecule has 0 atom stereocenters. The first-order valence-corrected chi connectivity index (χ1v) is 10.8. The van der Waals surface area contributed by atoms with Gasteiger partial charge in [0.05, 0.1) is 33.1 Å². The molecule has 8 nitrogen and oxygen atoms in total. The number of carbonyl (C=O) groups is 1. The van der Waals surface area contributed by atoms with Gasteiger partial charge in [-0.2, -0.15) is 5.26 Å². The van der Waals surface area contributed by atoms with Crippen molar-refractivity contribution in [1.29, 1.82) is 5.26 Å². The summed E-state index contributed by atoms with van der Waals surface area (Å²) in [6.45, 7) is 4.57. The Kier molecular flexibility index (Phi) is 8.95. The van der Waals surface area contributed by atoms with Crippen molar-refractivity contribution >= 4 is 29.3 Å². The number of benzene rings is 2. The highest BCUT2D eigenvalue weighted by Gasteiger charge is 2.15. The summed E-state index contributed by atoms with van der Waals surface area (Å²) in [5.74, 6) is 0.961. The van der Waals surface area contributed by atoms with Gasteiger partial charge in [0, 0.05) is 24.7 Å². The van der Waals surface area contributed by atoms with E-state index in [1.54, 1.807) is 43.5 Å². The van der Waals surface area contributed by atoms with Crippen LogP contribution in [-0.4, -0.2) is 64.5 Å². The molecule has 0 saturated carbocycles. The van der Waals surface area contributed by atoms with E-state index in [2.05, 4.69) is 10.2 Å². The van der Waals surface area contributed by atoms with Crippen LogP contribution in [0.3, 0.4) is 0 Å². The maximum atomic E-state index is 12.7. The first-order chi connectivity index (χ1) is 16.0. The van der Waals surface area contributed by atoms with Crippen molar-refractivity contribution in [2.45, 2.75) is 0 Å². The van der Waals surface area contributed by atoms with E-state index in [0.29, 0.717) is 40.1 Å². The van der Waals surface area contributed by atoms with Gasteiger partial charge in [-0.05, 0) is 42.0 Å². The molecule has 1 N–H and O–H groups in total. The number of hydrogen-bond acceptors (Lipinski definition) is 7. The minimum absolute atomic E-state index is 0.0833. The second kappa shape index (κ2) is 12.1. The summed E-state index contributed by atoms with van der Waals surface area (Å²) in [6, 6.07) is 12.0. The van der Waals surface area contributed by atoms with E-state index < -0.39 is 5.91 Å². The second-order valence-electron chi connectivity index (χ2n) is 7.18. The number of nitrogens with zero attached hydrogens (tertiary/aromatic N) is 2. The molecule has 174 valence electrons. The van der Waals surface area contributed by atoms with Crippen LogP contribution in [0.25, 0.3) is 6.08 Å². The maximum Gasteiger partial charge on any atom is 0.266 e. The van der Waals surface area contributed by atoms with Crippen LogP contribution in [-0.2, 0) is 9.53 Å². The molecule has 1 aliphatic heterocycles. The third-order valence-corrected chi connectivity index (χ3v) is 5.28. The summed E-state index contributed by atoms with van der Waals surface area (Å²) in [6.07, 6.45) is 1.48. The lowest BCUT2D eigenvalue weighted by molar-refractivity contribution is -0.112. The fraction of sp³-hybridized carbons (Fsp3) is 0.333. The van der Waals surface area contributed by atoms with Crippen LogP contribution in [0.5, 0.6) is 17.2 Å². The molecule has 1 amide bonds. The molecule has 1 aliphatic rings. The molecule has 1 fully saturated rings.